The summed E-state index contributed by atoms with van der Waals surface area (Å²) < 4.78 is 0. The Morgan fingerprint density at radius 1 is 1.38 bits per heavy atom. The summed E-state index contributed by atoms with van der Waals surface area (Å²) in [6, 6.07) is 3.12. The van der Waals surface area contributed by atoms with Gasteiger partial charge < -0.3 is 5.32 Å². The fourth-order valence-electron chi connectivity index (χ4n) is 2.71. The molecule has 1 nitrogen and oxygen atoms in total. The maximum absolute atomic E-state index is 3.66. The number of thiophene rings is 1. The van der Waals surface area contributed by atoms with E-state index >= 15 is 0 Å². The van der Waals surface area contributed by atoms with E-state index in [1.807, 2.05) is 11.3 Å². The molecule has 2 atom stereocenters. The van der Waals surface area contributed by atoms with Crippen LogP contribution in [0.4, 0.5) is 0 Å². The van der Waals surface area contributed by atoms with Gasteiger partial charge in [0.25, 0.3) is 0 Å². The van der Waals surface area contributed by atoms with Crippen LogP contribution in [0.1, 0.15) is 23.3 Å². The summed E-state index contributed by atoms with van der Waals surface area (Å²) in [6.07, 6.45) is 5.43. The Morgan fingerprint density at radius 3 is 3.38 bits per heavy atom. The lowest BCUT2D eigenvalue weighted by atomic mass is 9.79. The largest absolute Gasteiger partial charge is 0.313 e. The van der Waals surface area contributed by atoms with Crippen molar-refractivity contribution in [2.75, 3.05) is 6.54 Å². The monoisotopic (exact) mass is 193 g/mol. The van der Waals surface area contributed by atoms with Crippen LogP contribution in [0.2, 0.25) is 0 Å². The molecule has 0 aromatic carbocycles. The van der Waals surface area contributed by atoms with Gasteiger partial charge >= 0.3 is 0 Å². The zero-order chi connectivity index (χ0) is 8.67. The minimum Gasteiger partial charge on any atom is -0.313 e. The topological polar surface area (TPSA) is 12.0 Å². The quantitative estimate of drug-likeness (QED) is 0.666. The molecule has 3 rings (SSSR count). The van der Waals surface area contributed by atoms with Crippen LogP contribution in [0, 0.1) is 5.92 Å². The SMILES string of the molecule is c1cc2c(s1)CC1NCCCC1C2. The molecule has 1 aliphatic carbocycles. The van der Waals surface area contributed by atoms with E-state index in [2.05, 4.69) is 16.8 Å². The van der Waals surface area contributed by atoms with Gasteiger partial charge in [0.1, 0.15) is 0 Å². The predicted molar refractivity (Wildman–Crippen MR) is 56.2 cm³/mol. The zero-order valence-corrected chi connectivity index (χ0v) is 8.57. The summed E-state index contributed by atoms with van der Waals surface area (Å²) in [6.45, 7) is 1.24. The third-order valence-corrected chi connectivity index (χ3v) is 4.44. The molecule has 2 heterocycles. The first-order valence-corrected chi connectivity index (χ1v) is 6.10. The molecule has 0 amide bonds. The maximum Gasteiger partial charge on any atom is 0.0147 e. The van der Waals surface area contributed by atoms with Gasteiger partial charge in [-0.25, -0.2) is 0 Å². The smallest absolute Gasteiger partial charge is 0.0147 e. The molecule has 70 valence electrons. The molecule has 1 N–H and O–H groups in total. The molecule has 1 aromatic rings. The number of hydrogen-bond acceptors (Lipinski definition) is 2. The van der Waals surface area contributed by atoms with Gasteiger partial charge in [0.2, 0.25) is 0 Å². The normalized spacial score (nSPS) is 32.3. The van der Waals surface area contributed by atoms with Gasteiger partial charge in [0, 0.05) is 10.9 Å². The van der Waals surface area contributed by atoms with Crippen LogP contribution in [0.5, 0.6) is 0 Å². The van der Waals surface area contributed by atoms with E-state index in [0.717, 1.165) is 12.0 Å². The Bertz CT molecular complexity index is 276. The van der Waals surface area contributed by atoms with E-state index in [-0.39, 0.29) is 0 Å². The molecule has 0 spiro atoms. The van der Waals surface area contributed by atoms with Crippen molar-refractivity contribution in [3.63, 3.8) is 0 Å². The average Bonchev–Trinajstić information content (AvgIpc) is 2.61. The lowest BCUT2D eigenvalue weighted by Crippen LogP contribution is -2.45. The standard InChI is InChI=1S/C11H15NS/c1-2-8-6-9-3-5-13-11(9)7-10(8)12-4-1/h3,5,8,10,12H,1-2,4,6-7H2. The minimum atomic E-state index is 0.792. The van der Waals surface area contributed by atoms with Gasteiger partial charge in [-0.15, -0.1) is 11.3 Å². The van der Waals surface area contributed by atoms with Crippen LogP contribution in [0.15, 0.2) is 11.4 Å². The third-order valence-electron chi connectivity index (χ3n) is 3.45. The Kier molecular flexibility index (Phi) is 1.91. The second-order valence-corrected chi connectivity index (χ2v) is 5.24. The van der Waals surface area contributed by atoms with Crippen molar-refractivity contribution in [2.45, 2.75) is 31.7 Å². The molecule has 2 heteroatoms. The van der Waals surface area contributed by atoms with Gasteiger partial charge in [0.05, 0.1) is 0 Å². The molecular weight excluding hydrogens is 178 g/mol. The first kappa shape index (κ1) is 8.01. The molecule has 13 heavy (non-hydrogen) atoms. The first-order chi connectivity index (χ1) is 6.43. The van der Waals surface area contributed by atoms with Crippen molar-refractivity contribution in [3.8, 4) is 0 Å². The van der Waals surface area contributed by atoms with Crippen LogP contribution in [0.3, 0.4) is 0 Å². The van der Waals surface area contributed by atoms with Crippen LogP contribution >= 0.6 is 11.3 Å². The van der Waals surface area contributed by atoms with Crippen molar-refractivity contribution in [2.24, 2.45) is 5.92 Å². The number of hydrogen-bond donors (Lipinski definition) is 1. The lowest BCUT2D eigenvalue weighted by Gasteiger charge is -2.36. The van der Waals surface area contributed by atoms with E-state index in [1.54, 1.807) is 10.4 Å². The fraction of sp³-hybridized carbons (Fsp3) is 0.636. The molecule has 0 radical (unpaired) electrons. The van der Waals surface area contributed by atoms with Crippen molar-refractivity contribution >= 4 is 11.3 Å². The van der Waals surface area contributed by atoms with Crippen molar-refractivity contribution in [1.29, 1.82) is 0 Å². The van der Waals surface area contributed by atoms with Crippen molar-refractivity contribution < 1.29 is 0 Å². The van der Waals surface area contributed by atoms with Crippen LogP contribution in [0.25, 0.3) is 0 Å². The highest BCUT2D eigenvalue weighted by Gasteiger charge is 2.30. The van der Waals surface area contributed by atoms with E-state index < -0.39 is 0 Å². The summed E-state index contributed by atoms with van der Waals surface area (Å²) in [5, 5.41) is 5.91. The summed E-state index contributed by atoms with van der Waals surface area (Å²) in [4.78, 5) is 1.63. The van der Waals surface area contributed by atoms with Crippen LogP contribution < -0.4 is 5.32 Å². The van der Waals surface area contributed by atoms with Crippen molar-refractivity contribution in [1.82, 2.24) is 5.32 Å². The molecule has 1 fully saturated rings. The number of fused-ring (bicyclic) bond motifs is 2. The fourth-order valence-corrected chi connectivity index (χ4v) is 3.69. The molecular formula is C11H15NS. The maximum atomic E-state index is 3.66. The zero-order valence-electron chi connectivity index (χ0n) is 7.75. The van der Waals surface area contributed by atoms with E-state index in [1.165, 1.54) is 32.2 Å². The highest BCUT2D eigenvalue weighted by atomic mass is 32.1. The highest BCUT2D eigenvalue weighted by Crippen LogP contribution is 2.33. The summed E-state index contributed by atoms with van der Waals surface area (Å²) >= 11 is 1.94. The molecule has 2 aliphatic rings. The number of nitrogens with one attached hydrogen (secondary N) is 1. The Morgan fingerprint density at radius 2 is 2.38 bits per heavy atom. The predicted octanol–water partition coefficient (Wildman–Crippen LogP) is 2.21. The summed E-state index contributed by atoms with van der Waals surface area (Å²) in [5.41, 5.74) is 1.63. The van der Waals surface area contributed by atoms with Gasteiger partial charge in [-0.1, -0.05) is 0 Å². The van der Waals surface area contributed by atoms with Crippen LogP contribution in [-0.4, -0.2) is 12.6 Å². The summed E-state index contributed by atoms with van der Waals surface area (Å²) in [5.74, 6) is 0.927. The van der Waals surface area contributed by atoms with Gasteiger partial charge in [-0.2, -0.15) is 0 Å². The molecule has 0 bridgehead atoms. The van der Waals surface area contributed by atoms with E-state index in [4.69, 9.17) is 0 Å². The van der Waals surface area contributed by atoms with Gasteiger partial charge in [0.15, 0.2) is 0 Å². The molecule has 1 aromatic heterocycles. The number of piperidine rings is 1. The van der Waals surface area contributed by atoms with Gasteiger partial charge in [-0.05, 0) is 55.2 Å². The second-order valence-electron chi connectivity index (χ2n) is 4.24. The third kappa shape index (κ3) is 1.32. The molecule has 1 aliphatic heterocycles. The average molecular weight is 193 g/mol. The second kappa shape index (κ2) is 3.10. The van der Waals surface area contributed by atoms with Crippen molar-refractivity contribution in [3.05, 3.63) is 21.9 Å². The Labute approximate surface area is 83.2 Å². The lowest BCUT2D eigenvalue weighted by molar-refractivity contribution is 0.265. The molecule has 0 saturated carbocycles. The first-order valence-electron chi connectivity index (χ1n) is 5.22. The number of rotatable bonds is 0. The Hall–Kier alpha value is -0.340. The molecule has 1 saturated heterocycles. The minimum absolute atomic E-state index is 0.792. The molecule has 2 unspecified atom stereocenters. The van der Waals surface area contributed by atoms with E-state index in [9.17, 15) is 0 Å². The van der Waals surface area contributed by atoms with E-state index in [0.29, 0.717) is 0 Å². The summed E-state index contributed by atoms with van der Waals surface area (Å²) in [7, 11) is 0. The van der Waals surface area contributed by atoms with Gasteiger partial charge in [-0.3, -0.25) is 0 Å². The van der Waals surface area contributed by atoms with Crippen LogP contribution in [-0.2, 0) is 12.8 Å². The highest BCUT2D eigenvalue weighted by molar-refractivity contribution is 7.10. The Balaban J connectivity index is 1.89.